The highest BCUT2D eigenvalue weighted by molar-refractivity contribution is 5.47. The molecule has 4 heteroatoms. The van der Waals surface area contributed by atoms with Crippen molar-refractivity contribution in [1.82, 2.24) is 0 Å². The zero-order valence-corrected chi connectivity index (χ0v) is 10.3. The van der Waals surface area contributed by atoms with E-state index in [9.17, 15) is 10.1 Å². The Morgan fingerprint density at radius 3 is 2.37 bits per heavy atom. The monoisotopic (exact) mass is 253 g/mol. The molecule has 19 heavy (non-hydrogen) atoms. The van der Waals surface area contributed by atoms with Crippen LogP contribution < -0.4 is 4.74 Å². The molecule has 2 aromatic rings. The Bertz CT molecular complexity index is 651. The van der Waals surface area contributed by atoms with Crippen LogP contribution in [0.25, 0.3) is 0 Å². The smallest absolute Gasteiger partial charge is 0.270 e. The quantitative estimate of drug-likeness (QED) is 0.469. The van der Waals surface area contributed by atoms with Crippen molar-refractivity contribution < 1.29 is 9.66 Å². The Hall–Kier alpha value is -2.80. The lowest BCUT2D eigenvalue weighted by atomic mass is 10.1. The molecule has 0 radical (unpaired) electrons. The molecule has 94 valence electrons. The van der Waals surface area contributed by atoms with E-state index in [4.69, 9.17) is 4.74 Å². The molecule has 0 N–H and O–H groups in total. The number of rotatable bonds is 2. The lowest BCUT2D eigenvalue weighted by Gasteiger charge is -1.97. The summed E-state index contributed by atoms with van der Waals surface area (Å²) in [6, 6.07) is 13.6. The standard InChI is InChI=1S/C15H11NO3/c1-19-15-9-7-12(8-10-15)5-6-13-3-2-4-14(11-13)16(17)18/h2-4,7-11H,1H3. The van der Waals surface area contributed by atoms with Crippen molar-refractivity contribution in [2.75, 3.05) is 7.11 Å². The maximum Gasteiger partial charge on any atom is 0.270 e. The Morgan fingerprint density at radius 1 is 1.05 bits per heavy atom. The van der Waals surface area contributed by atoms with E-state index in [0.29, 0.717) is 5.56 Å². The molecule has 4 nitrogen and oxygen atoms in total. The molecule has 0 heterocycles. The van der Waals surface area contributed by atoms with E-state index in [1.165, 1.54) is 12.1 Å². The number of nitro groups is 1. The fourth-order valence-corrected chi connectivity index (χ4v) is 1.52. The van der Waals surface area contributed by atoms with Crippen LogP contribution in [-0.2, 0) is 0 Å². The first-order valence-electron chi connectivity index (χ1n) is 5.59. The number of methoxy groups -OCH3 is 1. The highest BCUT2D eigenvalue weighted by Gasteiger charge is 2.03. The average molecular weight is 253 g/mol. The Labute approximate surface area is 110 Å². The average Bonchev–Trinajstić information content (AvgIpc) is 2.46. The molecule has 0 spiro atoms. The van der Waals surface area contributed by atoms with Crippen LogP contribution in [0.5, 0.6) is 5.75 Å². The number of non-ortho nitro benzene ring substituents is 1. The fraction of sp³-hybridized carbons (Fsp3) is 0.0667. The number of nitrogens with zero attached hydrogens (tertiary/aromatic N) is 1. The van der Waals surface area contributed by atoms with E-state index in [1.807, 2.05) is 24.3 Å². The summed E-state index contributed by atoms with van der Waals surface area (Å²) in [5, 5.41) is 10.6. The molecule has 0 saturated heterocycles. The van der Waals surface area contributed by atoms with Gasteiger partial charge in [-0.05, 0) is 30.3 Å². The van der Waals surface area contributed by atoms with Crippen molar-refractivity contribution in [1.29, 1.82) is 0 Å². The molecule has 0 bridgehead atoms. The first kappa shape index (κ1) is 12.7. The van der Waals surface area contributed by atoms with Crippen LogP contribution in [0.2, 0.25) is 0 Å². The SMILES string of the molecule is COc1ccc(C#Cc2cccc([N+](=O)[O-])c2)cc1. The molecular weight excluding hydrogens is 242 g/mol. The van der Waals surface area contributed by atoms with Crippen molar-refractivity contribution in [2.45, 2.75) is 0 Å². The van der Waals surface area contributed by atoms with E-state index in [2.05, 4.69) is 11.8 Å². The first-order chi connectivity index (χ1) is 9.19. The van der Waals surface area contributed by atoms with Crippen LogP contribution >= 0.6 is 0 Å². The molecule has 0 atom stereocenters. The molecule has 0 amide bonds. The van der Waals surface area contributed by atoms with Crippen LogP contribution in [0, 0.1) is 22.0 Å². The van der Waals surface area contributed by atoms with Gasteiger partial charge in [0.15, 0.2) is 0 Å². The lowest BCUT2D eigenvalue weighted by molar-refractivity contribution is -0.384. The maximum atomic E-state index is 10.6. The van der Waals surface area contributed by atoms with Gasteiger partial charge in [-0.25, -0.2) is 0 Å². The van der Waals surface area contributed by atoms with Gasteiger partial charge in [-0.1, -0.05) is 17.9 Å². The number of benzene rings is 2. The minimum Gasteiger partial charge on any atom is -0.497 e. The Kier molecular flexibility index (Phi) is 3.79. The van der Waals surface area contributed by atoms with E-state index in [1.54, 1.807) is 19.2 Å². The minimum absolute atomic E-state index is 0.0431. The lowest BCUT2D eigenvalue weighted by Crippen LogP contribution is -1.87. The predicted molar refractivity (Wildman–Crippen MR) is 72.1 cm³/mol. The van der Waals surface area contributed by atoms with Crippen LogP contribution in [0.1, 0.15) is 11.1 Å². The Balaban J connectivity index is 2.23. The van der Waals surface area contributed by atoms with Crippen molar-refractivity contribution in [3.63, 3.8) is 0 Å². The molecule has 0 saturated carbocycles. The normalized spacial score (nSPS) is 9.32. The van der Waals surface area contributed by atoms with Gasteiger partial charge in [0.2, 0.25) is 0 Å². The molecule has 0 unspecified atom stereocenters. The third-order valence-corrected chi connectivity index (χ3v) is 2.50. The zero-order chi connectivity index (χ0) is 13.7. The third-order valence-electron chi connectivity index (χ3n) is 2.50. The van der Waals surface area contributed by atoms with Gasteiger partial charge in [-0.3, -0.25) is 10.1 Å². The summed E-state index contributed by atoms with van der Waals surface area (Å²) in [6.45, 7) is 0. The summed E-state index contributed by atoms with van der Waals surface area (Å²) >= 11 is 0. The highest BCUT2D eigenvalue weighted by Crippen LogP contribution is 2.13. The fourth-order valence-electron chi connectivity index (χ4n) is 1.52. The van der Waals surface area contributed by atoms with Gasteiger partial charge < -0.3 is 4.74 Å². The number of nitro benzene ring substituents is 1. The summed E-state index contributed by atoms with van der Waals surface area (Å²) in [5.41, 5.74) is 1.49. The maximum absolute atomic E-state index is 10.6. The molecule has 2 aromatic carbocycles. The number of hydrogen-bond acceptors (Lipinski definition) is 3. The van der Waals surface area contributed by atoms with Gasteiger partial charge in [0.05, 0.1) is 12.0 Å². The summed E-state index contributed by atoms with van der Waals surface area (Å²) in [7, 11) is 1.60. The first-order valence-corrected chi connectivity index (χ1v) is 5.59. The van der Waals surface area contributed by atoms with Crippen molar-refractivity contribution >= 4 is 5.69 Å². The minimum atomic E-state index is -0.432. The van der Waals surface area contributed by atoms with E-state index in [-0.39, 0.29) is 5.69 Å². The second-order valence-corrected chi connectivity index (χ2v) is 3.79. The molecule has 2 rings (SSSR count). The number of hydrogen-bond donors (Lipinski definition) is 0. The van der Waals surface area contributed by atoms with Crippen LogP contribution in [0.4, 0.5) is 5.69 Å². The van der Waals surface area contributed by atoms with E-state index < -0.39 is 4.92 Å². The molecular formula is C15H11NO3. The molecule has 0 aromatic heterocycles. The van der Waals surface area contributed by atoms with Crippen molar-refractivity contribution in [2.24, 2.45) is 0 Å². The van der Waals surface area contributed by atoms with Gasteiger partial charge >= 0.3 is 0 Å². The highest BCUT2D eigenvalue weighted by atomic mass is 16.6. The van der Waals surface area contributed by atoms with Gasteiger partial charge in [-0.2, -0.15) is 0 Å². The second kappa shape index (κ2) is 5.69. The summed E-state index contributed by atoms with van der Waals surface area (Å²) in [6.07, 6.45) is 0. The van der Waals surface area contributed by atoms with Gasteiger partial charge in [-0.15, -0.1) is 0 Å². The van der Waals surface area contributed by atoms with Crippen molar-refractivity contribution in [3.05, 3.63) is 69.8 Å². The summed E-state index contributed by atoms with van der Waals surface area (Å²) in [5.74, 6) is 6.61. The number of ether oxygens (including phenoxy) is 1. The molecule has 0 aliphatic carbocycles. The largest absolute Gasteiger partial charge is 0.497 e. The van der Waals surface area contributed by atoms with E-state index in [0.717, 1.165) is 11.3 Å². The predicted octanol–water partition coefficient (Wildman–Crippen LogP) is 3.00. The van der Waals surface area contributed by atoms with Crippen LogP contribution in [-0.4, -0.2) is 12.0 Å². The second-order valence-electron chi connectivity index (χ2n) is 3.79. The molecule has 0 aliphatic heterocycles. The van der Waals surface area contributed by atoms with Gasteiger partial charge in [0.1, 0.15) is 5.75 Å². The molecule has 0 aliphatic rings. The van der Waals surface area contributed by atoms with Crippen molar-refractivity contribution in [3.8, 4) is 17.6 Å². The van der Waals surface area contributed by atoms with E-state index >= 15 is 0 Å². The third kappa shape index (κ3) is 3.33. The summed E-state index contributed by atoms with van der Waals surface area (Å²) in [4.78, 5) is 10.2. The van der Waals surface area contributed by atoms with Gasteiger partial charge in [0, 0.05) is 23.3 Å². The zero-order valence-electron chi connectivity index (χ0n) is 10.3. The summed E-state index contributed by atoms with van der Waals surface area (Å²) < 4.78 is 5.05. The Morgan fingerprint density at radius 2 is 1.74 bits per heavy atom. The van der Waals surface area contributed by atoms with Gasteiger partial charge in [0.25, 0.3) is 5.69 Å². The van der Waals surface area contributed by atoms with Crippen LogP contribution in [0.3, 0.4) is 0 Å². The topological polar surface area (TPSA) is 52.4 Å². The molecule has 0 fully saturated rings. The van der Waals surface area contributed by atoms with Crippen LogP contribution in [0.15, 0.2) is 48.5 Å².